The van der Waals surface area contributed by atoms with E-state index in [1.54, 1.807) is 31.3 Å². The first-order valence-electron chi connectivity index (χ1n) is 11.8. The SMILES string of the molecule is CN1C(=O)CN(C(CC(=O)O)c2ccccc2)C(=O)c2cc(CCCCCN)ccc21.O=C(O)C(F)(F)F. The van der Waals surface area contributed by atoms with Crippen molar-refractivity contribution in [3.63, 3.8) is 0 Å². The molecule has 0 saturated carbocycles. The normalized spacial score (nSPS) is 14.2. The number of likely N-dealkylation sites (N-methyl/N-ethyl adjacent to an activating group) is 1. The first-order valence-corrected chi connectivity index (χ1v) is 11.8. The highest BCUT2D eigenvalue weighted by Gasteiger charge is 2.38. The van der Waals surface area contributed by atoms with Crippen molar-refractivity contribution in [2.24, 2.45) is 5.73 Å². The van der Waals surface area contributed by atoms with Crippen LogP contribution in [0.25, 0.3) is 0 Å². The summed E-state index contributed by atoms with van der Waals surface area (Å²) in [5, 5.41) is 16.6. The van der Waals surface area contributed by atoms with Crippen LogP contribution in [0.2, 0.25) is 0 Å². The number of aryl methyl sites for hydroxylation is 1. The molecule has 0 spiro atoms. The van der Waals surface area contributed by atoms with Crippen molar-refractivity contribution >= 4 is 29.4 Å². The maximum Gasteiger partial charge on any atom is 0.490 e. The number of hydrogen-bond acceptors (Lipinski definition) is 5. The van der Waals surface area contributed by atoms with Crippen molar-refractivity contribution in [3.05, 3.63) is 65.2 Å². The van der Waals surface area contributed by atoms with Gasteiger partial charge in [0.05, 0.1) is 23.7 Å². The lowest BCUT2D eigenvalue weighted by molar-refractivity contribution is -0.192. The summed E-state index contributed by atoms with van der Waals surface area (Å²) in [5.74, 6) is -4.37. The number of alkyl halides is 3. The van der Waals surface area contributed by atoms with Gasteiger partial charge in [-0.2, -0.15) is 13.2 Å². The molecule has 0 fully saturated rings. The summed E-state index contributed by atoms with van der Waals surface area (Å²) in [5.41, 5.74) is 8.24. The lowest BCUT2D eigenvalue weighted by Gasteiger charge is -2.29. The van der Waals surface area contributed by atoms with Crippen molar-refractivity contribution in [2.45, 2.75) is 44.3 Å². The number of anilines is 1. The van der Waals surface area contributed by atoms with Gasteiger partial charge >= 0.3 is 18.1 Å². The first kappa shape index (κ1) is 30.3. The minimum atomic E-state index is -5.08. The topological polar surface area (TPSA) is 141 Å². The fourth-order valence-electron chi connectivity index (χ4n) is 3.97. The Labute approximate surface area is 217 Å². The molecule has 1 heterocycles. The van der Waals surface area contributed by atoms with Crippen LogP contribution in [0, 0.1) is 0 Å². The molecule has 0 aliphatic carbocycles. The molecule has 1 atom stereocenters. The molecule has 38 heavy (non-hydrogen) atoms. The monoisotopic (exact) mass is 537 g/mol. The van der Waals surface area contributed by atoms with E-state index in [0.29, 0.717) is 23.4 Å². The standard InChI is InChI=1S/C24H29N3O4.C2HF3O2/c1-26-20-12-11-17(8-4-3-7-13-25)14-19(20)24(31)27(16-22(26)28)21(15-23(29)30)18-9-5-2-6-10-18;3-2(4,5)1(6)7/h2,5-6,9-12,14,21H,3-4,7-8,13,15-16,25H2,1H3,(H,29,30);(H,6,7). The zero-order valence-electron chi connectivity index (χ0n) is 20.8. The summed E-state index contributed by atoms with van der Waals surface area (Å²) in [4.78, 5) is 49.8. The van der Waals surface area contributed by atoms with E-state index in [2.05, 4.69) is 0 Å². The molecule has 0 aromatic heterocycles. The average Bonchev–Trinajstić information content (AvgIpc) is 2.96. The van der Waals surface area contributed by atoms with Crippen LogP contribution in [-0.2, 0) is 20.8 Å². The number of amides is 2. The quantitative estimate of drug-likeness (QED) is 0.415. The van der Waals surface area contributed by atoms with Gasteiger partial charge in [0.15, 0.2) is 0 Å². The molecule has 1 unspecified atom stereocenters. The van der Waals surface area contributed by atoms with E-state index >= 15 is 0 Å². The highest BCUT2D eigenvalue weighted by molar-refractivity contribution is 6.09. The van der Waals surface area contributed by atoms with Crippen LogP contribution >= 0.6 is 0 Å². The molecule has 4 N–H and O–H groups in total. The summed E-state index contributed by atoms with van der Waals surface area (Å²) in [6, 6.07) is 13.9. The van der Waals surface area contributed by atoms with E-state index in [4.69, 9.17) is 15.6 Å². The van der Waals surface area contributed by atoms with Crippen molar-refractivity contribution < 1.29 is 42.6 Å². The number of hydrogen-bond donors (Lipinski definition) is 3. The first-order chi connectivity index (χ1) is 17.9. The number of carbonyl (C=O) groups is 4. The molecule has 3 rings (SSSR count). The van der Waals surface area contributed by atoms with Crippen LogP contribution in [0.3, 0.4) is 0 Å². The lowest BCUT2D eigenvalue weighted by atomic mass is 9.99. The maximum absolute atomic E-state index is 13.6. The molecule has 206 valence electrons. The third-order valence-electron chi connectivity index (χ3n) is 5.93. The second kappa shape index (κ2) is 13.6. The predicted molar refractivity (Wildman–Crippen MR) is 133 cm³/mol. The van der Waals surface area contributed by atoms with Crippen LogP contribution in [-0.4, -0.2) is 65.2 Å². The van der Waals surface area contributed by atoms with Gasteiger partial charge in [-0.25, -0.2) is 4.79 Å². The fourth-order valence-corrected chi connectivity index (χ4v) is 3.97. The Balaban J connectivity index is 0.000000638. The molecule has 0 radical (unpaired) electrons. The number of aliphatic carboxylic acids is 2. The highest BCUT2D eigenvalue weighted by Crippen LogP contribution is 2.32. The summed E-state index contributed by atoms with van der Waals surface area (Å²) >= 11 is 0. The molecule has 9 nitrogen and oxygen atoms in total. The highest BCUT2D eigenvalue weighted by atomic mass is 19.4. The van der Waals surface area contributed by atoms with Gasteiger partial charge in [0.25, 0.3) is 5.91 Å². The third-order valence-corrected chi connectivity index (χ3v) is 5.93. The molecule has 1 aliphatic rings. The fraction of sp³-hybridized carbons (Fsp3) is 0.385. The van der Waals surface area contributed by atoms with Gasteiger partial charge in [0.2, 0.25) is 5.91 Å². The van der Waals surface area contributed by atoms with E-state index in [1.807, 2.05) is 24.3 Å². The lowest BCUT2D eigenvalue weighted by Crippen LogP contribution is -2.40. The second-order valence-corrected chi connectivity index (χ2v) is 8.66. The number of rotatable bonds is 9. The van der Waals surface area contributed by atoms with E-state index < -0.39 is 24.2 Å². The van der Waals surface area contributed by atoms with E-state index in [-0.39, 0.29) is 24.8 Å². The van der Waals surface area contributed by atoms with Crippen LogP contribution in [0.4, 0.5) is 18.9 Å². The van der Waals surface area contributed by atoms with Crippen molar-refractivity contribution in [2.75, 3.05) is 25.0 Å². The van der Waals surface area contributed by atoms with Crippen LogP contribution in [0.1, 0.15) is 53.2 Å². The number of nitrogens with zero attached hydrogens (tertiary/aromatic N) is 2. The zero-order chi connectivity index (χ0) is 28.5. The van der Waals surface area contributed by atoms with Crippen molar-refractivity contribution in [1.82, 2.24) is 4.90 Å². The third kappa shape index (κ3) is 8.30. The van der Waals surface area contributed by atoms with Crippen molar-refractivity contribution in [1.29, 1.82) is 0 Å². The summed E-state index contributed by atoms with van der Waals surface area (Å²) < 4.78 is 31.7. The molecule has 1 aliphatic heterocycles. The van der Waals surface area contributed by atoms with E-state index in [1.165, 1.54) is 9.80 Å². The van der Waals surface area contributed by atoms with Gasteiger partial charge in [-0.05, 0) is 49.1 Å². The number of nitrogens with two attached hydrogens (primary N) is 1. The molecular weight excluding hydrogens is 507 g/mol. The Morgan fingerprint density at radius 2 is 1.66 bits per heavy atom. The predicted octanol–water partition coefficient (Wildman–Crippen LogP) is 3.63. The zero-order valence-corrected chi connectivity index (χ0v) is 20.8. The number of benzene rings is 2. The number of unbranched alkanes of at least 4 members (excludes halogenated alkanes) is 2. The van der Waals surface area contributed by atoms with Gasteiger partial charge < -0.3 is 25.7 Å². The van der Waals surface area contributed by atoms with Crippen LogP contribution in [0.15, 0.2) is 48.5 Å². The Hall–Kier alpha value is -3.93. The van der Waals surface area contributed by atoms with Gasteiger partial charge in [0.1, 0.15) is 6.54 Å². The number of halogens is 3. The smallest absolute Gasteiger partial charge is 0.481 e. The van der Waals surface area contributed by atoms with Gasteiger partial charge in [-0.15, -0.1) is 0 Å². The van der Waals surface area contributed by atoms with Crippen molar-refractivity contribution in [3.8, 4) is 0 Å². The number of carboxylic acid groups (broad SMARTS) is 2. The second-order valence-electron chi connectivity index (χ2n) is 8.66. The molecule has 0 saturated heterocycles. The van der Waals surface area contributed by atoms with Gasteiger partial charge in [-0.3, -0.25) is 14.4 Å². The largest absolute Gasteiger partial charge is 0.490 e. The Kier molecular flexibility index (Phi) is 10.8. The van der Waals surface area contributed by atoms with Crippen LogP contribution < -0.4 is 10.6 Å². The molecule has 0 bridgehead atoms. The molecule has 2 amide bonds. The average molecular weight is 538 g/mol. The summed E-state index contributed by atoms with van der Waals surface area (Å²) in [6.45, 7) is 0.484. The summed E-state index contributed by atoms with van der Waals surface area (Å²) in [6.07, 6.45) is -1.60. The van der Waals surface area contributed by atoms with E-state index in [9.17, 15) is 32.7 Å². The Morgan fingerprint density at radius 1 is 1.03 bits per heavy atom. The minimum absolute atomic E-state index is 0.178. The Bertz CT molecular complexity index is 1140. The summed E-state index contributed by atoms with van der Waals surface area (Å²) in [7, 11) is 1.65. The number of fused-ring (bicyclic) bond motifs is 1. The number of carboxylic acids is 2. The number of carbonyl (C=O) groups excluding carboxylic acids is 2. The maximum atomic E-state index is 13.6. The molecule has 2 aromatic rings. The van der Waals surface area contributed by atoms with Gasteiger partial charge in [-0.1, -0.05) is 42.8 Å². The van der Waals surface area contributed by atoms with Gasteiger partial charge in [0, 0.05) is 7.05 Å². The molecular formula is C26H30F3N3O6. The van der Waals surface area contributed by atoms with Crippen LogP contribution in [0.5, 0.6) is 0 Å². The van der Waals surface area contributed by atoms with E-state index in [0.717, 1.165) is 31.2 Å². The Morgan fingerprint density at radius 3 is 2.21 bits per heavy atom. The molecule has 12 heteroatoms. The minimum Gasteiger partial charge on any atom is -0.481 e. The molecule has 2 aromatic carbocycles.